The molecule has 0 fully saturated rings. The molecule has 0 saturated carbocycles. The largest absolute Gasteiger partial charge is 0.328 e. The Balaban J connectivity index is 2.57. The topological polar surface area (TPSA) is 43.8 Å². The fourth-order valence-electron chi connectivity index (χ4n) is 1.40. The highest BCUT2D eigenvalue weighted by atomic mass is 79.9. The van der Waals surface area contributed by atoms with Crippen LogP contribution < -0.4 is 5.73 Å². The van der Waals surface area contributed by atoms with Crippen LogP contribution in [0.5, 0.6) is 0 Å². The van der Waals surface area contributed by atoms with Gasteiger partial charge < -0.3 is 10.3 Å². The summed E-state index contributed by atoms with van der Waals surface area (Å²) in [4.78, 5) is 5.42. The Morgan fingerprint density at radius 3 is 2.80 bits per heavy atom. The third kappa shape index (κ3) is 1.97. The van der Waals surface area contributed by atoms with Crippen LogP contribution in [-0.2, 0) is 13.6 Å². The average Bonchev–Trinajstić information content (AvgIpc) is 2.71. The molecule has 0 bridgehead atoms. The SMILES string of the molecule is Cn1c(CN)nc(Br)c1-c1ccc(Cl)s1. The Hall–Kier alpha value is -0.360. The van der Waals surface area contributed by atoms with Gasteiger partial charge in [0.25, 0.3) is 0 Å². The van der Waals surface area contributed by atoms with Gasteiger partial charge in [0.05, 0.1) is 21.5 Å². The van der Waals surface area contributed by atoms with E-state index in [0.29, 0.717) is 6.54 Å². The molecule has 2 aromatic heterocycles. The summed E-state index contributed by atoms with van der Waals surface area (Å²) in [5.41, 5.74) is 6.61. The Bertz CT molecular complexity index is 492. The highest BCUT2D eigenvalue weighted by Crippen LogP contribution is 2.35. The summed E-state index contributed by atoms with van der Waals surface area (Å²) >= 11 is 10.9. The molecule has 0 atom stereocenters. The van der Waals surface area contributed by atoms with Gasteiger partial charge in [-0.3, -0.25) is 0 Å². The number of imidazole rings is 1. The number of nitrogens with zero attached hydrogens (tertiary/aromatic N) is 2. The van der Waals surface area contributed by atoms with Crippen molar-refractivity contribution in [1.29, 1.82) is 0 Å². The Morgan fingerprint density at radius 1 is 1.60 bits per heavy atom. The van der Waals surface area contributed by atoms with E-state index in [2.05, 4.69) is 20.9 Å². The molecule has 6 heteroatoms. The minimum atomic E-state index is 0.425. The third-order valence-corrected chi connectivity index (χ3v) is 3.93. The summed E-state index contributed by atoms with van der Waals surface area (Å²) in [6, 6.07) is 3.86. The molecule has 15 heavy (non-hydrogen) atoms. The van der Waals surface area contributed by atoms with Crippen LogP contribution >= 0.6 is 38.9 Å². The lowest BCUT2D eigenvalue weighted by Gasteiger charge is -2.01. The Morgan fingerprint density at radius 2 is 2.33 bits per heavy atom. The van der Waals surface area contributed by atoms with E-state index in [1.165, 1.54) is 11.3 Å². The van der Waals surface area contributed by atoms with E-state index in [9.17, 15) is 0 Å². The van der Waals surface area contributed by atoms with E-state index in [-0.39, 0.29) is 0 Å². The van der Waals surface area contributed by atoms with Crippen LogP contribution in [0.15, 0.2) is 16.7 Å². The van der Waals surface area contributed by atoms with Gasteiger partial charge in [0.1, 0.15) is 10.4 Å². The summed E-state index contributed by atoms with van der Waals surface area (Å²) in [5, 5.41) is 0. The van der Waals surface area contributed by atoms with Gasteiger partial charge in [-0.25, -0.2) is 4.98 Å². The molecule has 2 N–H and O–H groups in total. The zero-order valence-corrected chi connectivity index (χ0v) is 11.2. The number of thiophene rings is 1. The molecule has 3 nitrogen and oxygen atoms in total. The van der Waals surface area contributed by atoms with E-state index < -0.39 is 0 Å². The van der Waals surface area contributed by atoms with Crippen LogP contribution in [0, 0.1) is 0 Å². The van der Waals surface area contributed by atoms with Crippen molar-refractivity contribution in [3.8, 4) is 10.6 Å². The molecule has 0 aliphatic heterocycles. The smallest absolute Gasteiger partial charge is 0.133 e. The minimum Gasteiger partial charge on any atom is -0.328 e. The molecule has 0 radical (unpaired) electrons. The van der Waals surface area contributed by atoms with Crippen molar-refractivity contribution in [2.75, 3.05) is 0 Å². The lowest BCUT2D eigenvalue weighted by Crippen LogP contribution is -2.05. The average molecular weight is 307 g/mol. The van der Waals surface area contributed by atoms with E-state index in [1.807, 2.05) is 23.7 Å². The van der Waals surface area contributed by atoms with Gasteiger partial charge in [-0.05, 0) is 28.1 Å². The minimum absolute atomic E-state index is 0.425. The van der Waals surface area contributed by atoms with Crippen molar-refractivity contribution in [3.05, 3.63) is 26.9 Å². The second-order valence-corrected chi connectivity index (χ2v) is 5.50. The van der Waals surface area contributed by atoms with Crippen LogP contribution in [0.2, 0.25) is 4.34 Å². The Labute approximate surface area is 105 Å². The summed E-state index contributed by atoms with van der Waals surface area (Å²) in [7, 11) is 1.95. The molecule has 2 aromatic rings. The van der Waals surface area contributed by atoms with Gasteiger partial charge in [-0.1, -0.05) is 11.6 Å². The molecule has 2 rings (SSSR count). The van der Waals surface area contributed by atoms with Crippen molar-refractivity contribution in [2.45, 2.75) is 6.54 Å². The maximum atomic E-state index is 5.90. The molecule has 0 spiro atoms. The molecule has 0 aliphatic rings. The van der Waals surface area contributed by atoms with Crippen molar-refractivity contribution < 1.29 is 0 Å². The number of hydrogen-bond acceptors (Lipinski definition) is 3. The fraction of sp³-hybridized carbons (Fsp3) is 0.222. The van der Waals surface area contributed by atoms with Crippen LogP contribution in [0.25, 0.3) is 10.6 Å². The maximum Gasteiger partial charge on any atom is 0.133 e. The highest BCUT2D eigenvalue weighted by Gasteiger charge is 2.14. The predicted octanol–water partition coefficient (Wildman–Crippen LogP) is 3.02. The molecule has 0 aliphatic carbocycles. The number of hydrogen-bond donors (Lipinski definition) is 1. The second kappa shape index (κ2) is 4.25. The van der Waals surface area contributed by atoms with Crippen LogP contribution in [-0.4, -0.2) is 9.55 Å². The zero-order valence-electron chi connectivity index (χ0n) is 8.00. The summed E-state index contributed by atoms with van der Waals surface area (Å²) < 4.78 is 3.56. The standard InChI is InChI=1S/C9H9BrClN3S/c1-14-7(4-12)13-9(10)8(14)5-2-3-6(11)15-5/h2-3H,4,12H2,1H3. The first-order valence-electron chi connectivity index (χ1n) is 4.30. The molecule has 0 saturated heterocycles. The first-order valence-corrected chi connectivity index (χ1v) is 6.29. The predicted molar refractivity (Wildman–Crippen MR) is 67.1 cm³/mol. The van der Waals surface area contributed by atoms with E-state index in [1.54, 1.807) is 0 Å². The number of aromatic nitrogens is 2. The lowest BCUT2D eigenvalue weighted by atomic mass is 10.4. The summed E-state index contributed by atoms with van der Waals surface area (Å²) in [5.74, 6) is 0.849. The van der Waals surface area contributed by atoms with E-state index >= 15 is 0 Å². The first-order chi connectivity index (χ1) is 7.13. The molecular formula is C9H9BrClN3S. The van der Waals surface area contributed by atoms with E-state index in [4.69, 9.17) is 17.3 Å². The molecule has 0 unspecified atom stereocenters. The van der Waals surface area contributed by atoms with Gasteiger partial charge >= 0.3 is 0 Å². The second-order valence-electron chi connectivity index (χ2n) is 3.03. The first kappa shape index (κ1) is 11.1. The zero-order chi connectivity index (χ0) is 11.0. The van der Waals surface area contributed by atoms with Gasteiger partial charge in [0, 0.05) is 7.05 Å². The molecule has 2 heterocycles. The summed E-state index contributed by atoms with van der Waals surface area (Å²) in [6.45, 7) is 0.425. The number of nitrogens with two attached hydrogens (primary N) is 1. The van der Waals surface area contributed by atoms with Crippen LogP contribution in [0.1, 0.15) is 5.82 Å². The highest BCUT2D eigenvalue weighted by molar-refractivity contribution is 9.10. The molecular weight excluding hydrogens is 298 g/mol. The molecule has 80 valence electrons. The van der Waals surface area contributed by atoms with Gasteiger partial charge in [0.2, 0.25) is 0 Å². The lowest BCUT2D eigenvalue weighted by molar-refractivity contribution is 0.799. The monoisotopic (exact) mass is 305 g/mol. The van der Waals surface area contributed by atoms with Crippen molar-refractivity contribution in [3.63, 3.8) is 0 Å². The fourth-order valence-corrected chi connectivity index (χ4v) is 3.34. The van der Waals surface area contributed by atoms with Crippen LogP contribution in [0.3, 0.4) is 0 Å². The Kier molecular flexibility index (Phi) is 3.16. The van der Waals surface area contributed by atoms with Gasteiger partial charge in [-0.15, -0.1) is 11.3 Å². The quantitative estimate of drug-likeness (QED) is 0.927. The van der Waals surface area contributed by atoms with Crippen molar-refractivity contribution in [2.24, 2.45) is 12.8 Å². The van der Waals surface area contributed by atoms with Crippen molar-refractivity contribution in [1.82, 2.24) is 9.55 Å². The number of rotatable bonds is 2. The normalized spacial score (nSPS) is 10.9. The third-order valence-electron chi connectivity index (χ3n) is 2.13. The van der Waals surface area contributed by atoms with Gasteiger partial charge in [-0.2, -0.15) is 0 Å². The van der Waals surface area contributed by atoms with E-state index in [0.717, 1.165) is 25.3 Å². The maximum absolute atomic E-state index is 5.90. The number of halogens is 2. The van der Waals surface area contributed by atoms with Crippen molar-refractivity contribution >= 4 is 38.9 Å². The van der Waals surface area contributed by atoms with Crippen LogP contribution in [0.4, 0.5) is 0 Å². The molecule has 0 amide bonds. The van der Waals surface area contributed by atoms with Gasteiger partial charge in [0.15, 0.2) is 0 Å². The summed E-state index contributed by atoms with van der Waals surface area (Å²) in [6.07, 6.45) is 0. The molecule has 0 aromatic carbocycles.